The van der Waals surface area contributed by atoms with Crippen molar-refractivity contribution in [3.05, 3.63) is 84.1 Å². The fourth-order valence-electron chi connectivity index (χ4n) is 4.90. The maximum absolute atomic E-state index is 14.2. The van der Waals surface area contributed by atoms with Gasteiger partial charge in [0.05, 0.1) is 46.4 Å². The number of carboxylic acids is 1. The third kappa shape index (κ3) is 4.99. The van der Waals surface area contributed by atoms with Gasteiger partial charge in [-0.25, -0.2) is 12.8 Å². The molecule has 9 nitrogen and oxygen atoms in total. The lowest BCUT2D eigenvalue weighted by atomic mass is 10.1. The van der Waals surface area contributed by atoms with Gasteiger partial charge in [0.15, 0.2) is 0 Å². The van der Waals surface area contributed by atoms with E-state index in [2.05, 4.69) is 10.1 Å². The van der Waals surface area contributed by atoms with Gasteiger partial charge >= 0.3 is 5.97 Å². The van der Waals surface area contributed by atoms with Crippen molar-refractivity contribution in [1.82, 2.24) is 19.1 Å². The minimum absolute atomic E-state index is 0.0492. The zero-order valence-electron chi connectivity index (χ0n) is 20.9. The monoisotopic (exact) mass is 538 g/mol. The van der Waals surface area contributed by atoms with Crippen molar-refractivity contribution < 1.29 is 27.4 Å². The van der Waals surface area contributed by atoms with E-state index in [1.807, 2.05) is 13.8 Å². The molecule has 1 fully saturated rings. The number of aromatic nitrogens is 3. The second-order valence-electron chi connectivity index (χ2n) is 9.50. The molecule has 0 spiro atoms. The second-order valence-corrected chi connectivity index (χ2v) is 11.4. The van der Waals surface area contributed by atoms with Crippen molar-refractivity contribution in [3.63, 3.8) is 0 Å². The number of sulfonamides is 1. The number of fused-ring (bicyclic) bond motifs is 1. The van der Waals surface area contributed by atoms with E-state index in [0.29, 0.717) is 34.5 Å². The standard InChI is InChI=1S/C27H27FN4O5S/c1-17(2)37-20-7-9-21(10-8-20)38(35,36)31-16-19(14-26(31)23-5-3-4-12-29-23)32-25-13-18(28)6-11-22(25)24(30-32)15-27(33)34/h3-13,17,19,26H,14-16H2,1-2H3,(H,33,34)/t19-,26-/m1/s1. The van der Waals surface area contributed by atoms with E-state index in [9.17, 15) is 22.7 Å². The topological polar surface area (TPSA) is 115 Å². The van der Waals surface area contributed by atoms with E-state index >= 15 is 0 Å². The Labute approximate surface area is 219 Å². The molecule has 0 bridgehead atoms. The van der Waals surface area contributed by atoms with Gasteiger partial charge in [-0.05, 0) is 74.9 Å². The van der Waals surface area contributed by atoms with Gasteiger partial charge in [0, 0.05) is 18.1 Å². The van der Waals surface area contributed by atoms with Gasteiger partial charge in [-0.15, -0.1) is 0 Å². The van der Waals surface area contributed by atoms with Crippen LogP contribution in [-0.4, -0.2) is 51.2 Å². The van der Waals surface area contributed by atoms with Crippen LogP contribution in [0.1, 0.15) is 43.7 Å². The molecule has 0 radical (unpaired) electrons. The van der Waals surface area contributed by atoms with Crippen LogP contribution >= 0.6 is 0 Å². The summed E-state index contributed by atoms with van der Waals surface area (Å²) in [6, 6.07) is 14.6. The largest absolute Gasteiger partial charge is 0.491 e. The van der Waals surface area contributed by atoms with E-state index in [1.54, 1.807) is 41.2 Å². The maximum atomic E-state index is 14.2. The number of nitrogens with zero attached hydrogens (tertiary/aromatic N) is 4. The van der Waals surface area contributed by atoms with E-state index in [0.717, 1.165) is 0 Å². The molecular formula is C27H27FN4O5S. The summed E-state index contributed by atoms with van der Waals surface area (Å²) in [4.78, 5) is 16.0. The van der Waals surface area contributed by atoms with Crippen molar-refractivity contribution in [2.75, 3.05) is 6.54 Å². The Bertz CT molecular complexity index is 1570. The molecule has 5 rings (SSSR count). The van der Waals surface area contributed by atoms with Crippen molar-refractivity contribution in [1.29, 1.82) is 0 Å². The summed E-state index contributed by atoms with van der Waals surface area (Å²) >= 11 is 0. The number of ether oxygens (including phenoxy) is 1. The molecule has 0 aliphatic carbocycles. The summed E-state index contributed by atoms with van der Waals surface area (Å²) in [6.45, 7) is 3.83. The molecule has 11 heteroatoms. The van der Waals surface area contributed by atoms with Crippen LogP contribution < -0.4 is 4.74 Å². The molecule has 2 aromatic carbocycles. The molecule has 1 aliphatic heterocycles. The molecule has 3 heterocycles. The molecular weight excluding hydrogens is 511 g/mol. The number of hydrogen-bond acceptors (Lipinski definition) is 6. The van der Waals surface area contributed by atoms with Gasteiger partial charge < -0.3 is 9.84 Å². The zero-order valence-corrected chi connectivity index (χ0v) is 21.7. The number of carbonyl (C=O) groups is 1. The Kier molecular flexibility index (Phi) is 6.89. The van der Waals surface area contributed by atoms with E-state index < -0.39 is 33.9 Å². The van der Waals surface area contributed by atoms with E-state index in [1.165, 1.54) is 34.6 Å². The fourth-order valence-corrected chi connectivity index (χ4v) is 6.54. The SMILES string of the molecule is CC(C)Oc1ccc(S(=O)(=O)N2C[C@H](n3nc(CC(=O)O)c4ccc(F)cc43)C[C@@H]2c2ccccn2)cc1. The number of halogens is 1. The van der Waals surface area contributed by atoms with Crippen LogP contribution in [0.4, 0.5) is 4.39 Å². The first-order valence-corrected chi connectivity index (χ1v) is 13.7. The highest BCUT2D eigenvalue weighted by Gasteiger charge is 2.43. The summed E-state index contributed by atoms with van der Waals surface area (Å²) in [7, 11) is -3.97. The molecule has 198 valence electrons. The molecule has 1 N–H and O–H groups in total. The van der Waals surface area contributed by atoms with Crippen LogP contribution in [0.25, 0.3) is 10.9 Å². The smallest absolute Gasteiger partial charge is 0.309 e. The second kappa shape index (κ2) is 10.1. The lowest BCUT2D eigenvalue weighted by Crippen LogP contribution is -2.32. The average Bonchev–Trinajstić information content (AvgIpc) is 3.47. The van der Waals surface area contributed by atoms with Crippen LogP contribution in [0.15, 0.2) is 71.8 Å². The summed E-state index contributed by atoms with van der Waals surface area (Å²) < 4.78 is 50.6. The zero-order chi connectivity index (χ0) is 27.0. The minimum Gasteiger partial charge on any atom is -0.491 e. The van der Waals surface area contributed by atoms with Crippen LogP contribution in [0.3, 0.4) is 0 Å². The number of aliphatic carboxylic acids is 1. The lowest BCUT2D eigenvalue weighted by molar-refractivity contribution is -0.136. The van der Waals surface area contributed by atoms with Crippen molar-refractivity contribution in [2.45, 2.75) is 49.8 Å². The average molecular weight is 539 g/mol. The number of rotatable bonds is 8. The van der Waals surface area contributed by atoms with E-state index in [4.69, 9.17) is 4.74 Å². The summed E-state index contributed by atoms with van der Waals surface area (Å²) in [5, 5.41) is 14.4. The highest BCUT2D eigenvalue weighted by Crippen LogP contribution is 2.42. The maximum Gasteiger partial charge on any atom is 0.309 e. The summed E-state index contributed by atoms with van der Waals surface area (Å²) in [6.07, 6.45) is 1.54. The lowest BCUT2D eigenvalue weighted by Gasteiger charge is -2.23. The number of pyridine rings is 1. The Morgan fingerprint density at radius 3 is 2.58 bits per heavy atom. The van der Waals surface area contributed by atoms with Crippen molar-refractivity contribution >= 4 is 26.9 Å². The van der Waals surface area contributed by atoms with Gasteiger partial charge in [0.25, 0.3) is 0 Å². The predicted octanol–water partition coefficient (Wildman–Crippen LogP) is 4.36. The van der Waals surface area contributed by atoms with Crippen molar-refractivity contribution in [3.8, 4) is 5.75 Å². The molecule has 4 aromatic rings. The number of hydrogen-bond donors (Lipinski definition) is 1. The Morgan fingerprint density at radius 1 is 1.16 bits per heavy atom. The summed E-state index contributed by atoms with van der Waals surface area (Å²) in [5.41, 5.74) is 1.29. The van der Waals surface area contributed by atoms with Gasteiger partial charge in [-0.3, -0.25) is 14.5 Å². The molecule has 2 atom stereocenters. The molecule has 0 saturated carbocycles. The minimum atomic E-state index is -3.97. The molecule has 1 aliphatic rings. The molecule has 1 saturated heterocycles. The van der Waals surface area contributed by atoms with Crippen molar-refractivity contribution in [2.24, 2.45) is 0 Å². The Morgan fingerprint density at radius 2 is 1.92 bits per heavy atom. The van der Waals surface area contributed by atoms with Crippen LogP contribution in [-0.2, 0) is 21.2 Å². The Hall–Kier alpha value is -3.83. The first-order chi connectivity index (χ1) is 18.1. The molecule has 0 unspecified atom stereocenters. The third-order valence-electron chi connectivity index (χ3n) is 6.48. The predicted molar refractivity (Wildman–Crippen MR) is 138 cm³/mol. The van der Waals surface area contributed by atoms with Gasteiger partial charge in [0.2, 0.25) is 10.0 Å². The molecule has 2 aromatic heterocycles. The first kappa shape index (κ1) is 25.8. The van der Waals surface area contributed by atoms with Gasteiger partial charge in [0.1, 0.15) is 11.6 Å². The van der Waals surface area contributed by atoms with Crippen LogP contribution in [0.5, 0.6) is 5.75 Å². The van der Waals surface area contributed by atoms with E-state index in [-0.39, 0.29) is 24.0 Å². The van der Waals surface area contributed by atoms with Crippen LogP contribution in [0.2, 0.25) is 0 Å². The summed E-state index contributed by atoms with van der Waals surface area (Å²) in [5.74, 6) is -0.990. The normalized spacial score (nSPS) is 18.3. The van der Waals surface area contributed by atoms with Crippen LogP contribution in [0, 0.1) is 5.82 Å². The number of carboxylic acid groups (broad SMARTS) is 1. The molecule has 38 heavy (non-hydrogen) atoms. The highest BCUT2D eigenvalue weighted by atomic mass is 32.2. The molecule has 0 amide bonds. The van der Waals surface area contributed by atoms with Gasteiger partial charge in [-0.2, -0.15) is 9.40 Å². The number of benzene rings is 2. The highest BCUT2D eigenvalue weighted by molar-refractivity contribution is 7.89. The quantitative estimate of drug-likeness (QED) is 0.354. The third-order valence-corrected chi connectivity index (χ3v) is 8.36. The Balaban J connectivity index is 1.56. The fraction of sp³-hybridized carbons (Fsp3) is 0.296. The van der Waals surface area contributed by atoms with Gasteiger partial charge in [-0.1, -0.05) is 6.07 Å². The first-order valence-electron chi connectivity index (χ1n) is 12.2.